The van der Waals surface area contributed by atoms with Crippen LogP contribution < -0.4 is 4.74 Å². The molecule has 27 heavy (non-hydrogen) atoms. The number of ether oxygens (including phenoxy) is 1. The summed E-state index contributed by atoms with van der Waals surface area (Å²) in [6.45, 7) is 5.35. The highest BCUT2D eigenvalue weighted by Gasteiger charge is 2.16. The van der Waals surface area contributed by atoms with E-state index in [-0.39, 0.29) is 5.24 Å². The first-order valence-corrected chi connectivity index (χ1v) is 10.1. The van der Waals surface area contributed by atoms with Crippen LogP contribution in [0, 0.1) is 0 Å². The average Bonchev–Trinajstić information content (AvgIpc) is 2.70. The molecule has 3 nitrogen and oxygen atoms in total. The standard InChI is InChI=1S/C22H21NO2S2/c1-3-23(4-2)22(24)27-19-15-9-13-16-12-8-14-18(20(16)19)25-21(26)17-10-6-5-7-11-17/h5-15H,3-4H2,1-2H3. The van der Waals surface area contributed by atoms with Crippen LogP contribution in [-0.2, 0) is 0 Å². The maximum absolute atomic E-state index is 12.6. The van der Waals surface area contributed by atoms with Gasteiger partial charge in [0.25, 0.3) is 5.24 Å². The summed E-state index contributed by atoms with van der Waals surface area (Å²) < 4.78 is 6.04. The van der Waals surface area contributed by atoms with Crippen molar-refractivity contribution in [2.45, 2.75) is 18.7 Å². The molecule has 0 atom stereocenters. The second-order valence-corrected chi connectivity index (χ2v) is 7.27. The molecule has 0 aromatic heterocycles. The van der Waals surface area contributed by atoms with E-state index in [1.165, 1.54) is 11.8 Å². The second kappa shape index (κ2) is 9.02. The fourth-order valence-corrected chi connectivity index (χ4v) is 4.09. The minimum absolute atomic E-state index is 0.0351. The van der Waals surface area contributed by atoms with Crippen molar-refractivity contribution < 1.29 is 9.53 Å². The van der Waals surface area contributed by atoms with Gasteiger partial charge in [0, 0.05) is 28.9 Å². The summed E-state index contributed by atoms with van der Waals surface area (Å²) in [6, 6.07) is 21.4. The van der Waals surface area contributed by atoms with Gasteiger partial charge in [-0.05, 0) is 55.3 Å². The number of nitrogens with zero attached hydrogens (tertiary/aromatic N) is 1. The van der Waals surface area contributed by atoms with Crippen molar-refractivity contribution in [3.8, 4) is 5.75 Å². The van der Waals surface area contributed by atoms with Crippen LogP contribution in [0.3, 0.4) is 0 Å². The molecule has 0 fully saturated rings. The molecule has 0 aliphatic carbocycles. The highest BCUT2D eigenvalue weighted by atomic mass is 32.2. The predicted octanol–water partition coefficient (Wildman–Crippen LogP) is 6.15. The Balaban J connectivity index is 1.97. The third-order valence-electron chi connectivity index (χ3n) is 4.26. The summed E-state index contributed by atoms with van der Waals surface area (Å²) in [5, 5.41) is 2.37. The van der Waals surface area contributed by atoms with E-state index in [0.29, 0.717) is 23.9 Å². The van der Waals surface area contributed by atoms with Crippen molar-refractivity contribution in [3.05, 3.63) is 72.3 Å². The van der Waals surface area contributed by atoms with Gasteiger partial charge in [-0.25, -0.2) is 0 Å². The SMILES string of the molecule is CCN(CC)C(=O)Sc1cccc2cccc(OC(=S)c3ccccc3)c12. The zero-order valence-corrected chi connectivity index (χ0v) is 17.0. The van der Waals surface area contributed by atoms with Crippen molar-refractivity contribution in [1.29, 1.82) is 0 Å². The lowest BCUT2D eigenvalue weighted by molar-refractivity contribution is 0.228. The lowest BCUT2D eigenvalue weighted by Gasteiger charge is -2.19. The van der Waals surface area contributed by atoms with E-state index < -0.39 is 0 Å². The van der Waals surface area contributed by atoms with Crippen LogP contribution in [0.15, 0.2) is 71.6 Å². The molecule has 0 N–H and O–H groups in total. The van der Waals surface area contributed by atoms with Crippen molar-refractivity contribution in [1.82, 2.24) is 4.90 Å². The molecule has 0 saturated heterocycles. The van der Waals surface area contributed by atoms with Crippen molar-refractivity contribution >= 4 is 45.0 Å². The number of carbonyl (C=O) groups excluding carboxylic acids is 1. The van der Waals surface area contributed by atoms with Crippen LogP contribution in [-0.4, -0.2) is 28.3 Å². The van der Waals surface area contributed by atoms with Gasteiger partial charge in [-0.3, -0.25) is 4.79 Å². The highest BCUT2D eigenvalue weighted by molar-refractivity contribution is 8.13. The predicted molar refractivity (Wildman–Crippen MR) is 117 cm³/mol. The number of fused-ring (bicyclic) bond motifs is 1. The van der Waals surface area contributed by atoms with E-state index >= 15 is 0 Å². The van der Waals surface area contributed by atoms with Gasteiger partial charge in [0.1, 0.15) is 5.75 Å². The molecule has 3 rings (SSSR count). The van der Waals surface area contributed by atoms with E-state index in [0.717, 1.165) is 21.2 Å². The van der Waals surface area contributed by atoms with Crippen LogP contribution in [0.25, 0.3) is 10.8 Å². The maximum Gasteiger partial charge on any atom is 0.286 e. The van der Waals surface area contributed by atoms with E-state index in [1.807, 2.05) is 85.5 Å². The van der Waals surface area contributed by atoms with E-state index in [2.05, 4.69) is 0 Å². The number of amides is 1. The molecule has 3 aromatic rings. The van der Waals surface area contributed by atoms with Crippen molar-refractivity contribution in [2.24, 2.45) is 0 Å². The molecule has 0 heterocycles. The molecule has 0 unspecified atom stereocenters. The number of thioether (sulfide) groups is 1. The minimum Gasteiger partial charge on any atom is -0.445 e. The monoisotopic (exact) mass is 395 g/mol. The fourth-order valence-electron chi connectivity index (χ4n) is 2.82. The van der Waals surface area contributed by atoms with Gasteiger partial charge in [0.05, 0.1) is 0 Å². The first-order chi connectivity index (χ1) is 13.1. The van der Waals surface area contributed by atoms with Crippen molar-refractivity contribution in [2.75, 3.05) is 13.1 Å². The molecule has 1 amide bonds. The second-order valence-electron chi connectivity index (χ2n) is 5.91. The van der Waals surface area contributed by atoms with Crippen LogP contribution in [0.1, 0.15) is 19.4 Å². The Morgan fingerprint density at radius 2 is 1.63 bits per heavy atom. The van der Waals surface area contributed by atoms with Crippen LogP contribution >= 0.6 is 24.0 Å². The van der Waals surface area contributed by atoms with E-state index in [9.17, 15) is 4.79 Å². The zero-order chi connectivity index (χ0) is 19.2. The Morgan fingerprint density at radius 1 is 0.963 bits per heavy atom. The lowest BCUT2D eigenvalue weighted by Crippen LogP contribution is -2.26. The summed E-state index contributed by atoms with van der Waals surface area (Å²) in [5.41, 5.74) is 0.855. The molecule has 0 bridgehead atoms. The molecule has 0 aliphatic heterocycles. The molecule has 3 aromatic carbocycles. The molecule has 0 aliphatic rings. The third kappa shape index (κ3) is 4.49. The topological polar surface area (TPSA) is 29.5 Å². The smallest absolute Gasteiger partial charge is 0.286 e. The summed E-state index contributed by atoms with van der Waals surface area (Å²) in [7, 11) is 0. The summed E-state index contributed by atoms with van der Waals surface area (Å²) >= 11 is 6.70. The Kier molecular flexibility index (Phi) is 6.48. The van der Waals surface area contributed by atoms with Crippen LogP contribution in [0.5, 0.6) is 5.75 Å². The normalized spacial score (nSPS) is 10.6. The number of hydrogen-bond acceptors (Lipinski definition) is 4. The maximum atomic E-state index is 12.6. The van der Waals surface area contributed by atoms with Gasteiger partial charge in [-0.2, -0.15) is 0 Å². The molecule has 0 saturated carbocycles. The molecule has 0 spiro atoms. The zero-order valence-electron chi connectivity index (χ0n) is 15.3. The minimum atomic E-state index is 0.0351. The molecular formula is C22H21NO2S2. The Labute approximate surface area is 169 Å². The number of benzene rings is 3. The first-order valence-electron chi connectivity index (χ1n) is 8.89. The summed E-state index contributed by atoms with van der Waals surface area (Å²) in [6.07, 6.45) is 0. The first kappa shape index (κ1) is 19.4. The Hall–Kier alpha value is -2.37. The molecule has 0 radical (unpaired) electrons. The third-order valence-corrected chi connectivity index (χ3v) is 5.57. The molecular weight excluding hydrogens is 374 g/mol. The lowest BCUT2D eigenvalue weighted by atomic mass is 10.1. The van der Waals surface area contributed by atoms with Gasteiger partial charge >= 0.3 is 0 Å². The van der Waals surface area contributed by atoms with Gasteiger partial charge in [-0.15, -0.1) is 0 Å². The van der Waals surface area contributed by atoms with Crippen LogP contribution in [0.4, 0.5) is 4.79 Å². The van der Waals surface area contributed by atoms with Crippen LogP contribution in [0.2, 0.25) is 0 Å². The van der Waals surface area contributed by atoms with E-state index in [4.69, 9.17) is 17.0 Å². The highest BCUT2D eigenvalue weighted by Crippen LogP contribution is 2.36. The van der Waals surface area contributed by atoms with E-state index in [1.54, 1.807) is 0 Å². The average molecular weight is 396 g/mol. The number of thiocarbonyl (C=S) groups is 1. The van der Waals surface area contributed by atoms with Gasteiger partial charge in [-0.1, -0.05) is 54.6 Å². The number of rotatable bonds is 5. The molecule has 5 heteroatoms. The summed E-state index contributed by atoms with van der Waals surface area (Å²) in [5.74, 6) is 0.664. The Bertz CT molecular complexity index is 948. The van der Waals surface area contributed by atoms with Gasteiger partial charge in [0.2, 0.25) is 0 Å². The molecule has 138 valence electrons. The number of carbonyl (C=O) groups is 1. The van der Waals surface area contributed by atoms with Gasteiger partial charge in [0.15, 0.2) is 5.05 Å². The fraction of sp³-hybridized carbons (Fsp3) is 0.182. The quantitative estimate of drug-likeness (QED) is 0.383. The summed E-state index contributed by atoms with van der Waals surface area (Å²) in [4.78, 5) is 15.3. The van der Waals surface area contributed by atoms with Crippen molar-refractivity contribution in [3.63, 3.8) is 0 Å². The number of hydrogen-bond donors (Lipinski definition) is 0. The largest absolute Gasteiger partial charge is 0.445 e. The van der Waals surface area contributed by atoms with Gasteiger partial charge < -0.3 is 9.64 Å². The Morgan fingerprint density at radius 3 is 2.30 bits per heavy atom.